The van der Waals surface area contributed by atoms with Gasteiger partial charge in [0.05, 0.1) is 28.4 Å². The lowest BCUT2D eigenvalue weighted by Crippen LogP contribution is -2.47. The summed E-state index contributed by atoms with van der Waals surface area (Å²) in [5.74, 6) is -2.68. The Hall–Kier alpha value is -6.42. The highest BCUT2D eigenvalue weighted by molar-refractivity contribution is 7.86. The van der Waals surface area contributed by atoms with Crippen molar-refractivity contribution in [1.29, 1.82) is 0 Å². The van der Waals surface area contributed by atoms with Gasteiger partial charge in [-0.1, -0.05) is 22.5 Å². The molecule has 4 heterocycles. The summed E-state index contributed by atoms with van der Waals surface area (Å²) in [4.78, 5) is 31.5. The molecule has 0 fully saturated rings. The largest absolute Gasteiger partial charge is 0.478 e. The van der Waals surface area contributed by atoms with Crippen LogP contribution in [0.1, 0.15) is 89.2 Å². The normalized spacial score (nSPS) is 15.8. The van der Waals surface area contributed by atoms with Crippen LogP contribution in [0.2, 0.25) is 0 Å². The number of carboxylic acids is 1. The van der Waals surface area contributed by atoms with E-state index in [4.69, 9.17) is 10.3 Å². The predicted molar refractivity (Wildman–Crippen MR) is 247 cm³/mol. The number of aryl methyl sites for hydroxylation is 1. The summed E-state index contributed by atoms with van der Waals surface area (Å²) in [5, 5.41) is 29.6. The number of aromatic nitrogens is 3. The molecular formula is C44H51N10O10S2+. The number of aromatic carboxylic acids is 1. The van der Waals surface area contributed by atoms with Crippen molar-refractivity contribution in [3.8, 4) is 11.5 Å². The maximum atomic E-state index is 13.6. The van der Waals surface area contributed by atoms with E-state index in [2.05, 4.69) is 31.0 Å². The summed E-state index contributed by atoms with van der Waals surface area (Å²) in [6.45, 7) is 9.74. The monoisotopic (exact) mass is 943 g/mol. The van der Waals surface area contributed by atoms with E-state index < -0.39 is 54.7 Å². The van der Waals surface area contributed by atoms with Crippen molar-refractivity contribution in [2.45, 2.75) is 64.7 Å². The molecular weight excluding hydrogens is 893 g/mol. The molecule has 0 atom stereocenters. The Kier molecular flexibility index (Phi) is 13.0. The molecule has 20 nitrogen and oxygen atoms in total. The fourth-order valence-corrected chi connectivity index (χ4v) is 9.73. The molecule has 22 heteroatoms. The average Bonchev–Trinajstić information content (AvgIpc) is 3.68. The van der Waals surface area contributed by atoms with Crippen LogP contribution in [0.15, 0.2) is 65.9 Å². The lowest BCUT2D eigenvalue weighted by molar-refractivity contribution is 0.0696. The summed E-state index contributed by atoms with van der Waals surface area (Å²) in [6.07, 6.45) is 6.43. The van der Waals surface area contributed by atoms with Crippen LogP contribution in [-0.2, 0) is 33.3 Å². The van der Waals surface area contributed by atoms with E-state index in [-0.39, 0.29) is 23.2 Å². The van der Waals surface area contributed by atoms with Crippen LogP contribution in [0.5, 0.6) is 11.5 Å². The minimum atomic E-state index is -4.52. The molecule has 3 aliphatic rings. The molecule has 3 aromatic carbocycles. The number of ether oxygens (including phenoxy) is 1. The standard InChI is InChI=1S/C44H50N10O10S2/c1-43(2)20-27(24-65(58,59)60)31-16-34-38(18-36(31)52(43)5)64-39-19-37-32(28(25-66(61,62)63)21-44(3,4)53(37)6)17-35(39)40(34)30-10-9-26(15-33(30)42(56)57)41(55)47-12-8-14-54-23-29(49-51-54)22-46-11-7-13-48-50-45/h9-10,15-21,23,46H,7-8,11-14,22,24-25H2,1-6H3,(H3-,47,55,56,57,58,59,60,61,62,63)/p+1. The van der Waals surface area contributed by atoms with Crippen LogP contribution >= 0.6 is 0 Å². The molecule has 66 heavy (non-hydrogen) atoms. The molecule has 0 saturated carbocycles. The maximum absolute atomic E-state index is 13.6. The fraction of sp³-hybridized carbons (Fsp3) is 0.386. The molecule has 5 N–H and O–H groups in total. The summed E-state index contributed by atoms with van der Waals surface area (Å²) >= 11 is 0. The number of hydrogen-bond donors (Lipinski definition) is 5. The van der Waals surface area contributed by atoms with E-state index in [1.807, 2.05) is 51.3 Å². The zero-order chi connectivity index (χ0) is 47.9. The lowest BCUT2D eigenvalue weighted by atomic mass is 9.83. The minimum absolute atomic E-state index is 0.0687. The zero-order valence-corrected chi connectivity index (χ0v) is 38.9. The first kappa shape index (κ1) is 47.5. The zero-order valence-electron chi connectivity index (χ0n) is 37.2. The summed E-state index contributed by atoms with van der Waals surface area (Å²) in [7, 11) is -5.36. The Balaban J connectivity index is 1.30. The third-order valence-corrected chi connectivity index (χ3v) is 13.4. The highest BCUT2D eigenvalue weighted by Crippen LogP contribution is 2.46. The number of nitrogens with zero attached hydrogens (tertiary/aromatic N) is 8. The van der Waals surface area contributed by atoms with Gasteiger partial charge in [-0.2, -0.15) is 16.8 Å². The third-order valence-electron chi connectivity index (χ3n) is 12.0. The molecule has 1 aromatic heterocycles. The maximum Gasteiger partial charge on any atom is 0.336 e. The topological polar surface area (TPSA) is 282 Å². The average molecular weight is 944 g/mol. The highest BCUT2D eigenvalue weighted by Gasteiger charge is 2.37. The molecule has 0 spiro atoms. The van der Waals surface area contributed by atoms with Crippen LogP contribution < -0.4 is 35.4 Å². The van der Waals surface area contributed by atoms with Crippen molar-refractivity contribution in [3.63, 3.8) is 0 Å². The van der Waals surface area contributed by atoms with E-state index in [9.17, 15) is 40.6 Å². The fourth-order valence-electron chi connectivity index (χ4n) is 8.47. The first-order valence-electron chi connectivity index (χ1n) is 21.0. The van der Waals surface area contributed by atoms with Gasteiger partial charge >= 0.3 is 5.97 Å². The van der Waals surface area contributed by atoms with Crippen molar-refractivity contribution in [1.82, 2.24) is 30.2 Å². The first-order valence-corrected chi connectivity index (χ1v) is 24.2. The van der Waals surface area contributed by atoms with Crippen LogP contribution in [-0.4, -0.2) is 114 Å². The van der Waals surface area contributed by atoms with E-state index in [1.54, 1.807) is 47.3 Å². The lowest BCUT2D eigenvalue weighted by Gasteiger charge is -2.41. The number of azide groups is 1. The number of carbonyl (C=O) groups is 2. The Bertz CT molecular complexity index is 3150. The molecule has 1 amide bonds. The number of fused-ring (bicyclic) bond motifs is 4. The van der Waals surface area contributed by atoms with Gasteiger partial charge < -0.3 is 25.4 Å². The number of hydrogen-bond acceptors (Lipinski definition) is 12. The van der Waals surface area contributed by atoms with Crippen molar-refractivity contribution >= 4 is 54.5 Å². The van der Waals surface area contributed by atoms with Crippen molar-refractivity contribution in [2.24, 2.45) is 5.11 Å². The molecule has 0 bridgehead atoms. The quantitative estimate of drug-likeness (QED) is 0.0222. The SMILES string of the molecule is CN1c2cc3c(cc2C(CS(=O)(=O)O)=CC1(C)C)C(c1ccc(C(=O)NCCCn2cc(CNCCCN=[N+]=[N-])nn2)cc1C(=O)O)=c1cc2c(cc1O3)=[N+](C)C(C)(C)C=C2CS(=O)(=O)O. The summed E-state index contributed by atoms with van der Waals surface area (Å²) < 4.78 is 79.9. The number of amides is 1. The van der Waals surface area contributed by atoms with Gasteiger partial charge in [-0.05, 0) is 85.8 Å². The molecule has 4 aromatic rings. The molecule has 0 unspecified atom stereocenters. The van der Waals surface area contributed by atoms with Crippen LogP contribution in [0, 0.1) is 0 Å². The Morgan fingerprint density at radius 1 is 0.909 bits per heavy atom. The van der Waals surface area contributed by atoms with E-state index in [0.717, 1.165) is 0 Å². The van der Waals surface area contributed by atoms with Gasteiger partial charge in [0.1, 0.15) is 30.1 Å². The molecule has 0 aliphatic carbocycles. The first-order chi connectivity index (χ1) is 31.0. The molecule has 0 saturated heterocycles. The Morgan fingerprint density at radius 3 is 2.30 bits per heavy atom. The second-order valence-corrected chi connectivity index (χ2v) is 20.5. The van der Waals surface area contributed by atoms with Crippen LogP contribution in [0.3, 0.4) is 0 Å². The van der Waals surface area contributed by atoms with Crippen molar-refractivity contribution in [2.75, 3.05) is 50.1 Å². The second-order valence-electron chi connectivity index (χ2n) is 17.6. The van der Waals surface area contributed by atoms with E-state index in [1.165, 1.54) is 18.2 Å². The molecule has 3 aliphatic heterocycles. The second kappa shape index (κ2) is 18.1. The molecule has 7 rings (SSSR count). The number of likely N-dealkylation sites (N-methyl/N-ethyl adjacent to an activating group) is 2. The van der Waals surface area contributed by atoms with E-state index in [0.29, 0.717) is 106 Å². The number of carbonyl (C=O) groups excluding carboxylic acids is 1. The van der Waals surface area contributed by atoms with Crippen molar-refractivity contribution < 1.29 is 45.4 Å². The van der Waals surface area contributed by atoms with E-state index >= 15 is 0 Å². The van der Waals surface area contributed by atoms with Gasteiger partial charge in [-0.3, -0.25) is 18.6 Å². The van der Waals surface area contributed by atoms with Gasteiger partial charge in [-0.25, -0.2) is 9.37 Å². The van der Waals surface area contributed by atoms with Crippen LogP contribution in [0.25, 0.3) is 27.2 Å². The van der Waals surface area contributed by atoms with Crippen LogP contribution in [0.4, 0.5) is 5.69 Å². The number of benzene rings is 3. The predicted octanol–water partition coefficient (Wildman–Crippen LogP) is 3.62. The third kappa shape index (κ3) is 10.2. The number of anilines is 1. The molecule has 0 radical (unpaired) electrons. The summed E-state index contributed by atoms with van der Waals surface area (Å²) in [5.41, 5.74) is 10.5. The highest BCUT2D eigenvalue weighted by atomic mass is 32.2. The van der Waals surface area contributed by atoms with Gasteiger partial charge in [0, 0.05) is 97.4 Å². The van der Waals surface area contributed by atoms with Crippen molar-refractivity contribution in [3.05, 3.63) is 121 Å². The van der Waals surface area contributed by atoms with Gasteiger partial charge in [0.2, 0.25) is 5.36 Å². The van der Waals surface area contributed by atoms with Gasteiger partial charge in [-0.15, -0.1) is 5.10 Å². The number of nitrogens with one attached hydrogen (secondary N) is 2. The number of rotatable bonds is 17. The van der Waals surface area contributed by atoms with Gasteiger partial charge in [0.15, 0.2) is 5.54 Å². The Morgan fingerprint density at radius 2 is 1.62 bits per heavy atom. The van der Waals surface area contributed by atoms with Gasteiger partial charge in [0.25, 0.3) is 26.1 Å². The number of carboxylic acid groups (broad SMARTS) is 1. The molecule has 348 valence electrons. The Labute approximate surface area is 381 Å². The smallest absolute Gasteiger partial charge is 0.336 e. The minimum Gasteiger partial charge on any atom is -0.478 e. The summed E-state index contributed by atoms with van der Waals surface area (Å²) in [6, 6.07) is 11.1.